The van der Waals surface area contributed by atoms with E-state index in [0.717, 1.165) is 44.8 Å². The molecule has 1 saturated heterocycles. The lowest BCUT2D eigenvalue weighted by Gasteiger charge is -2.40. The minimum Gasteiger partial charge on any atom is -0.314 e. The second-order valence-electron chi connectivity index (χ2n) is 28.6. The predicted molar refractivity (Wildman–Crippen MR) is 419 cm³/mol. The van der Waals surface area contributed by atoms with Crippen molar-refractivity contribution in [2.24, 2.45) is 0 Å². The first-order valence-electron chi connectivity index (χ1n) is 41.3. The minimum atomic E-state index is 0.692. The van der Waals surface area contributed by atoms with E-state index >= 15 is 0 Å². The summed E-state index contributed by atoms with van der Waals surface area (Å²) in [5.41, 5.74) is 0. The van der Waals surface area contributed by atoms with Crippen LogP contribution in [-0.2, 0) is 0 Å². The lowest BCUT2D eigenvalue weighted by atomic mass is 9.98. The van der Waals surface area contributed by atoms with Gasteiger partial charge in [0.2, 0.25) is 0 Å². The van der Waals surface area contributed by atoms with Gasteiger partial charge in [-0.15, -0.1) is 0 Å². The highest BCUT2D eigenvalue weighted by Crippen LogP contribution is 2.22. The molecule has 0 atom stereocenters. The summed E-state index contributed by atoms with van der Waals surface area (Å²) in [5.74, 6) is 0. The van der Waals surface area contributed by atoms with E-state index in [0.29, 0.717) is 6.04 Å². The average Bonchev–Trinajstić information content (AvgIpc) is 3.73. The monoisotopic (exact) mass is 1280 g/mol. The van der Waals surface area contributed by atoms with E-state index in [1.165, 1.54) is 367 Å². The molecule has 0 aromatic rings. The minimum absolute atomic E-state index is 0.692. The van der Waals surface area contributed by atoms with E-state index in [-0.39, 0.29) is 0 Å². The van der Waals surface area contributed by atoms with Crippen LogP contribution in [0.25, 0.3) is 0 Å². The lowest BCUT2D eigenvalue weighted by molar-refractivity contribution is 0.0800. The van der Waals surface area contributed by atoms with Crippen LogP contribution in [0.5, 0.6) is 0 Å². The summed E-state index contributed by atoms with van der Waals surface area (Å²) < 4.78 is 0. The van der Waals surface area contributed by atoms with Gasteiger partial charge in [0, 0.05) is 64.4 Å². The number of nitrogens with one attached hydrogen (secondary N) is 1. The Kier molecular flexibility index (Phi) is 71.1. The second-order valence-corrected chi connectivity index (χ2v) is 28.6. The zero-order valence-corrected chi connectivity index (χ0v) is 63.2. The molecule has 1 aliphatic rings. The van der Waals surface area contributed by atoms with Crippen molar-refractivity contribution in [3.8, 4) is 0 Å². The fourth-order valence-electron chi connectivity index (χ4n) is 13.2. The van der Waals surface area contributed by atoms with Crippen LogP contribution >= 0.6 is 0 Å². The smallest absolute Gasteiger partial charge is 0.0113 e. The quantitative estimate of drug-likeness (QED) is 0.0483. The summed E-state index contributed by atoms with van der Waals surface area (Å²) >= 11 is 0. The first-order valence-corrected chi connectivity index (χ1v) is 41.3. The second kappa shape index (κ2) is 74.5. The largest absolute Gasteiger partial charge is 0.314 e. The Balaban J connectivity index is 2.49. The van der Waals surface area contributed by atoms with Crippen molar-refractivity contribution in [1.82, 2.24) is 24.9 Å². The topological polar surface area (TPSA) is 25.0 Å². The van der Waals surface area contributed by atoms with E-state index < -0.39 is 0 Å². The Morgan fingerprint density at radius 1 is 0.283 bits per heavy atom. The van der Waals surface area contributed by atoms with Gasteiger partial charge in [0.1, 0.15) is 0 Å². The summed E-state index contributed by atoms with van der Waals surface area (Å²) in [7, 11) is 4.73. The number of nitrogens with zero attached hydrogens (tertiary/aromatic N) is 4. The highest BCUT2D eigenvalue weighted by atomic mass is 15.3. The molecule has 1 fully saturated rings. The first kappa shape index (κ1) is 87.7. The van der Waals surface area contributed by atoms with Gasteiger partial charge in [-0.1, -0.05) is 305 Å². The average molecular weight is 1280 g/mol. The van der Waals surface area contributed by atoms with E-state index in [1.54, 1.807) is 0 Å². The van der Waals surface area contributed by atoms with Gasteiger partial charge in [-0.05, 0) is 188 Å². The molecule has 536 valence electrons. The third kappa shape index (κ3) is 65.0. The normalized spacial score (nSPS) is 14.8. The van der Waals surface area contributed by atoms with Crippen molar-refractivity contribution in [3.63, 3.8) is 0 Å². The van der Waals surface area contributed by atoms with Gasteiger partial charge >= 0.3 is 0 Å². The maximum atomic E-state index is 4.10. The van der Waals surface area contributed by atoms with Crippen molar-refractivity contribution >= 4 is 0 Å². The number of piperazine rings is 1. The molecule has 1 N–H and O–H groups in total. The van der Waals surface area contributed by atoms with Crippen LogP contribution in [0.1, 0.15) is 368 Å². The lowest BCUT2D eigenvalue weighted by Crippen LogP contribution is -2.51. The summed E-state index contributed by atoms with van der Waals surface area (Å²) in [4.78, 5) is 10.9. The van der Waals surface area contributed by atoms with Crippen LogP contribution in [0.15, 0.2) is 97.2 Å². The third-order valence-corrected chi connectivity index (χ3v) is 19.7. The van der Waals surface area contributed by atoms with Crippen LogP contribution < -0.4 is 5.32 Å². The maximum absolute atomic E-state index is 4.10. The van der Waals surface area contributed by atoms with Crippen LogP contribution in [0, 0.1) is 0 Å². The molecular formula is C87H163N5. The highest BCUT2D eigenvalue weighted by molar-refractivity contribution is 4.96. The summed E-state index contributed by atoms with van der Waals surface area (Å²) in [5, 5.41) is 4.10. The molecule has 0 saturated carbocycles. The standard InChI is InChI=1S/C87H163N5/c1-7-11-15-19-23-27-31-35-39-43-47-51-55-59-63-67-72-86(73-68-64-60-56-52-48-44-40-36-32-28-24-20-16-12-8-2)88-76-71-77-89(5)78-79-90(6)80-81-91-82-84-92(85-83-91)87(74-69-65-61-57-53-49-45-41-37-33-29-25-21-17-13-9-3)75-70-66-62-58-54-50-46-42-38-34-30-26-22-18-14-10-4/h23-30,35-42,86-88H,7-22,31-34,43-85H2,1-6H3. The van der Waals surface area contributed by atoms with Crippen molar-refractivity contribution < 1.29 is 0 Å². The zero-order chi connectivity index (χ0) is 66.0. The molecule has 1 heterocycles. The molecule has 5 heteroatoms. The molecule has 0 radical (unpaired) electrons. The van der Waals surface area contributed by atoms with Crippen molar-refractivity contribution in [1.29, 1.82) is 0 Å². The number of rotatable bonds is 72. The van der Waals surface area contributed by atoms with Crippen molar-refractivity contribution in [2.75, 3.05) is 79.5 Å². The van der Waals surface area contributed by atoms with Crippen molar-refractivity contribution in [3.05, 3.63) is 97.2 Å². The Labute approximate surface area is 578 Å². The van der Waals surface area contributed by atoms with E-state index in [4.69, 9.17) is 0 Å². The van der Waals surface area contributed by atoms with E-state index in [9.17, 15) is 0 Å². The number of likely N-dealkylation sites (N-methyl/N-ethyl adjacent to an activating group) is 2. The van der Waals surface area contributed by atoms with Gasteiger partial charge < -0.3 is 15.1 Å². The van der Waals surface area contributed by atoms with Crippen LogP contribution in [0.4, 0.5) is 0 Å². The fraction of sp³-hybridized carbons (Fsp3) is 0.816. The molecule has 0 spiro atoms. The Bertz CT molecular complexity index is 1580. The fourth-order valence-corrected chi connectivity index (χ4v) is 13.2. The summed E-state index contributed by atoms with van der Waals surface area (Å²) in [6, 6.07) is 1.48. The van der Waals surface area contributed by atoms with Crippen LogP contribution in [-0.4, -0.2) is 111 Å². The Morgan fingerprint density at radius 2 is 0.554 bits per heavy atom. The van der Waals surface area contributed by atoms with E-state index in [1.807, 2.05) is 0 Å². The Morgan fingerprint density at radius 3 is 0.870 bits per heavy atom. The van der Waals surface area contributed by atoms with Gasteiger partial charge in [-0.3, -0.25) is 9.80 Å². The molecule has 0 bridgehead atoms. The molecule has 0 aliphatic carbocycles. The number of hydrogen-bond donors (Lipinski definition) is 1. The Hall–Kier alpha value is -2.28. The third-order valence-electron chi connectivity index (χ3n) is 19.7. The number of hydrogen-bond acceptors (Lipinski definition) is 5. The highest BCUT2D eigenvalue weighted by Gasteiger charge is 2.23. The summed E-state index contributed by atoms with van der Waals surface area (Å²) in [6.07, 6.45) is 109. The molecule has 0 aromatic heterocycles. The molecule has 1 rings (SSSR count). The summed E-state index contributed by atoms with van der Waals surface area (Å²) in [6.45, 7) is 21.3. The van der Waals surface area contributed by atoms with Gasteiger partial charge in [-0.25, -0.2) is 0 Å². The van der Waals surface area contributed by atoms with Crippen LogP contribution in [0.2, 0.25) is 0 Å². The van der Waals surface area contributed by atoms with E-state index in [2.05, 4.69) is 164 Å². The first-order chi connectivity index (χ1) is 45.5. The molecule has 0 amide bonds. The van der Waals surface area contributed by atoms with Gasteiger partial charge in [-0.2, -0.15) is 0 Å². The van der Waals surface area contributed by atoms with Gasteiger partial charge in [0.25, 0.3) is 0 Å². The maximum Gasteiger partial charge on any atom is 0.0113 e. The molecule has 0 aromatic carbocycles. The molecule has 0 unspecified atom stereocenters. The van der Waals surface area contributed by atoms with Gasteiger partial charge in [0.15, 0.2) is 0 Å². The number of unbranched alkanes of at least 4 members (excludes halogenated alkanes) is 36. The van der Waals surface area contributed by atoms with Gasteiger partial charge in [0.05, 0.1) is 0 Å². The molecule has 1 aliphatic heterocycles. The van der Waals surface area contributed by atoms with Crippen LogP contribution in [0.3, 0.4) is 0 Å². The predicted octanol–water partition coefficient (Wildman–Crippen LogP) is 26.0. The molecule has 5 nitrogen and oxygen atoms in total. The zero-order valence-electron chi connectivity index (χ0n) is 63.2. The molecule has 92 heavy (non-hydrogen) atoms. The molecular weight excluding hydrogens is 1110 g/mol. The number of allylic oxidation sites excluding steroid dienone is 16. The SMILES string of the molecule is CCCCCC=CCC=CCCCCCCCCC(CCCCCCCCC=CCC=CCCCCC)NCCCN(C)CCN(C)CCN1CCN(C(CCCCCCCCC=CCC=CCCCCC)CCCCCCCCC=CCC=CCCCCC)CC1. The van der Waals surface area contributed by atoms with Crippen molar-refractivity contribution in [2.45, 2.75) is 380 Å².